The number of sulfonamides is 1. The molecule has 39 heavy (non-hydrogen) atoms. The van der Waals surface area contributed by atoms with Crippen LogP contribution in [0.5, 0.6) is 5.75 Å². The topological polar surface area (TPSA) is 79.0 Å². The predicted octanol–water partition coefficient (Wildman–Crippen LogP) is 5.41. The molecule has 1 amide bonds. The van der Waals surface area contributed by atoms with Crippen molar-refractivity contribution in [2.24, 2.45) is 0 Å². The summed E-state index contributed by atoms with van der Waals surface area (Å²) in [5.41, 5.74) is 4.28. The smallest absolute Gasteiger partial charge is 0.264 e. The van der Waals surface area contributed by atoms with Gasteiger partial charge in [0.2, 0.25) is 0 Å². The van der Waals surface area contributed by atoms with Crippen LogP contribution in [0, 0.1) is 6.92 Å². The number of rotatable bonds is 8. The Hall–Kier alpha value is -3.52. The molecule has 0 aromatic heterocycles. The molecule has 7 nitrogen and oxygen atoms in total. The highest BCUT2D eigenvalue weighted by atomic mass is 32.2. The summed E-state index contributed by atoms with van der Waals surface area (Å²) in [5, 5.41) is 2.93. The Balaban J connectivity index is 1.59. The second-order valence-corrected chi connectivity index (χ2v) is 12.8. The third-order valence-corrected chi connectivity index (χ3v) is 8.92. The number of ether oxygens (including phenoxy) is 1. The first-order chi connectivity index (χ1) is 18.4. The first-order valence-electron chi connectivity index (χ1n) is 13.5. The molecule has 1 N–H and O–H groups in total. The van der Waals surface area contributed by atoms with Gasteiger partial charge in [0.1, 0.15) is 5.75 Å². The van der Waals surface area contributed by atoms with Crippen molar-refractivity contribution >= 4 is 27.3 Å². The van der Waals surface area contributed by atoms with E-state index >= 15 is 0 Å². The fourth-order valence-corrected chi connectivity index (χ4v) is 6.10. The number of hydrogen-bond donors (Lipinski definition) is 1. The van der Waals surface area contributed by atoms with Gasteiger partial charge in [-0.15, -0.1) is 0 Å². The van der Waals surface area contributed by atoms with Gasteiger partial charge in [-0.1, -0.05) is 56.7 Å². The van der Waals surface area contributed by atoms with Crippen molar-refractivity contribution < 1.29 is 17.9 Å². The molecule has 1 atom stereocenters. The van der Waals surface area contributed by atoms with E-state index in [4.69, 9.17) is 4.74 Å². The highest BCUT2D eigenvalue weighted by Gasteiger charge is 2.38. The average molecular weight is 550 g/mol. The maximum atomic E-state index is 13.8. The number of amides is 1. The molecule has 4 rings (SSSR count). The Morgan fingerprint density at radius 3 is 2.23 bits per heavy atom. The lowest BCUT2D eigenvalue weighted by Gasteiger charge is -2.36. The van der Waals surface area contributed by atoms with Gasteiger partial charge in [0, 0.05) is 25.3 Å². The van der Waals surface area contributed by atoms with Gasteiger partial charge in [-0.2, -0.15) is 0 Å². The summed E-state index contributed by atoms with van der Waals surface area (Å²) in [4.78, 5) is 15.7. The summed E-state index contributed by atoms with van der Waals surface area (Å²) >= 11 is 0. The van der Waals surface area contributed by atoms with Crippen molar-refractivity contribution in [1.29, 1.82) is 0 Å². The fraction of sp³-hybridized carbons (Fsp3) is 0.387. The van der Waals surface area contributed by atoms with Crippen LogP contribution in [0.3, 0.4) is 0 Å². The van der Waals surface area contributed by atoms with Gasteiger partial charge in [0.05, 0.1) is 17.1 Å². The van der Waals surface area contributed by atoms with Crippen LogP contribution in [0.1, 0.15) is 51.3 Å². The molecular weight excluding hydrogens is 510 g/mol. The summed E-state index contributed by atoms with van der Waals surface area (Å²) in [6.07, 6.45) is -0.992. The number of benzene rings is 3. The third-order valence-electron chi connectivity index (χ3n) is 7.13. The van der Waals surface area contributed by atoms with E-state index < -0.39 is 16.1 Å². The Kier molecular flexibility index (Phi) is 8.25. The zero-order valence-corrected chi connectivity index (χ0v) is 24.5. The van der Waals surface area contributed by atoms with Crippen molar-refractivity contribution in [3.8, 4) is 5.75 Å². The molecule has 208 valence electrons. The molecule has 0 saturated carbocycles. The van der Waals surface area contributed by atoms with Gasteiger partial charge in [-0.05, 0) is 73.7 Å². The molecular formula is C31H39N3O4S. The van der Waals surface area contributed by atoms with Crippen molar-refractivity contribution in [3.05, 3.63) is 83.4 Å². The molecule has 1 unspecified atom stereocenters. The Morgan fingerprint density at radius 1 is 1.00 bits per heavy atom. The Morgan fingerprint density at radius 2 is 1.64 bits per heavy atom. The minimum absolute atomic E-state index is 0.121. The number of aryl methyl sites for hydroxylation is 1. The van der Waals surface area contributed by atoms with E-state index in [9.17, 15) is 13.2 Å². The SMILES string of the molecule is CCN(CC)c1ccc(CNC(=O)C2CN(S(=O)(=O)c3ccc(C)cc3)c3cc(C(C)(C)C)ccc3O2)cc1. The largest absolute Gasteiger partial charge is 0.476 e. The number of hydrogen-bond acceptors (Lipinski definition) is 5. The third kappa shape index (κ3) is 6.22. The zero-order chi connectivity index (χ0) is 28.4. The van der Waals surface area contributed by atoms with E-state index in [-0.39, 0.29) is 22.8 Å². The summed E-state index contributed by atoms with van der Waals surface area (Å²) < 4.78 is 35.1. The highest BCUT2D eigenvalue weighted by molar-refractivity contribution is 7.92. The van der Waals surface area contributed by atoms with Crippen LogP contribution < -0.4 is 19.3 Å². The molecule has 8 heteroatoms. The van der Waals surface area contributed by atoms with Crippen molar-refractivity contribution in [1.82, 2.24) is 5.32 Å². The molecule has 0 spiro atoms. The lowest BCUT2D eigenvalue weighted by atomic mass is 9.86. The highest BCUT2D eigenvalue weighted by Crippen LogP contribution is 2.40. The lowest BCUT2D eigenvalue weighted by Crippen LogP contribution is -2.50. The van der Waals surface area contributed by atoms with Crippen LogP contribution in [0.2, 0.25) is 0 Å². The van der Waals surface area contributed by atoms with Crippen LogP contribution in [-0.4, -0.2) is 40.1 Å². The molecule has 1 aliphatic rings. The summed E-state index contributed by atoms with van der Waals surface area (Å²) in [7, 11) is -3.94. The van der Waals surface area contributed by atoms with Gasteiger partial charge >= 0.3 is 0 Å². The standard InChI is InChI=1S/C31H39N3O4S/c1-7-33(8-2)25-14-11-23(12-15-25)20-32-30(35)29-21-34(39(36,37)26-16-9-22(3)10-17-26)27-19-24(31(4,5)6)13-18-28(27)38-29/h9-19,29H,7-8,20-21H2,1-6H3,(H,32,35). The van der Waals surface area contributed by atoms with Crippen LogP contribution in [0.15, 0.2) is 71.6 Å². The number of nitrogens with zero attached hydrogens (tertiary/aromatic N) is 2. The maximum absolute atomic E-state index is 13.8. The average Bonchev–Trinajstić information content (AvgIpc) is 2.91. The van der Waals surface area contributed by atoms with Crippen molar-refractivity contribution in [3.63, 3.8) is 0 Å². The quantitative estimate of drug-likeness (QED) is 0.406. The van der Waals surface area contributed by atoms with Gasteiger partial charge in [-0.3, -0.25) is 9.10 Å². The number of carbonyl (C=O) groups excluding carboxylic acids is 1. The normalized spacial score (nSPS) is 15.3. The number of fused-ring (bicyclic) bond motifs is 1. The van der Waals surface area contributed by atoms with Crippen LogP contribution in [-0.2, 0) is 26.8 Å². The first kappa shape index (κ1) is 28.5. The molecule has 0 bridgehead atoms. The molecule has 1 heterocycles. The van der Waals surface area contributed by atoms with E-state index in [1.54, 1.807) is 30.3 Å². The molecule has 0 fully saturated rings. The molecule has 0 aliphatic carbocycles. The zero-order valence-electron chi connectivity index (χ0n) is 23.7. The number of anilines is 2. The monoisotopic (exact) mass is 549 g/mol. The van der Waals surface area contributed by atoms with E-state index in [2.05, 4.69) is 44.8 Å². The van der Waals surface area contributed by atoms with Crippen molar-refractivity contribution in [2.45, 2.75) is 64.5 Å². The van der Waals surface area contributed by atoms with Crippen LogP contribution in [0.4, 0.5) is 11.4 Å². The van der Waals surface area contributed by atoms with Gasteiger partial charge in [-0.25, -0.2) is 8.42 Å². The van der Waals surface area contributed by atoms with E-state index in [0.29, 0.717) is 18.0 Å². The van der Waals surface area contributed by atoms with E-state index in [1.165, 1.54) is 4.31 Å². The molecule has 3 aromatic rings. The minimum atomic E-state index is -3.94. The molecule has 3 aromatic carbocycles. The summed E-state index contributed by atoms with van der Waals surface area (Å²) in [5.74, 6) is 0.00568. The van der Waals surface area contributed by atoms with Crippen LogP contribution in [0.25, 0.3) is 0 Å². The maximum Gasteiger partial charge on any atom is 0.264 e. The van der Waals surface area contributed by atoms with Gasteiger partial charge in [0.25, 0.3) is 15.9 Å². The lowest BCUT2D eigenvalue weighted by molar-refractivity contribution is -0.127. The second kappa shape index (κ2) is 11.3. The molecule has 1 aliphatic heterocycles. The molecule has 0 saturated heterocycles. The number of nitrogens with one attached hydrogen (secondary N) is 1. The molecule has 0 radical (unpaired) electrons. The van der Waals surface area contributed by atoms with Gasteiger partial charge in [0.15, 0.2) is 6.10 Å². The first-order valence-corrected chi connectivity index (χ1v) is 14.9. The number of carbonyl (C=O) groups is 1. The van der Waals surface area contributed by atoms with Crippen LogP contribution >= 0.6 is 0 Å². The Labute approximate surface area is 232 Å². The van der Waals surface area contributed by atoms with E-state index in [0.717, 1.165) is 35.5 Å². The second-order valence-electron chi connectivity index (χ2n) is 10.9. The Bertz CT molecular complexity index is 1410. The summed E-state index contributed by atoms with van der Waals surface area (Å²) in [6.45, 7) is 14.4. The van der Waals surface area contributed by atoms with Gasteiger partial charge < -0.3 is 15.0 Å². The van der Waals surface area contributed by atoms with Crippen molar-refractivity contribution in [2.75, 3.05) is 28.8 Å². The van der Waals surface area contributed by atoms with E-state index in [1.807, 2.05) is 43.3 Å². The minimum Gasteiger partial charge on any atom is -0.476 e. The fourth-order valence-electron chi connectivity index (χ4n) is 4.64. The predicted molar refractivity (Wildman–Crippen MR) is 157 cm³/mol. The summed E-state index contributed by atoms with van der Waals surface area (Å²) in [6, 6.07) is 20.4.